The van der Waals surface area contributed by atoms with E-state index >= 15 is 0 Å². The first-order valence-corrected chi connectivity index (χ1v) is 6.69. The third kappa shape index (κ3) is 4.21. The summed E-state index contributed by atoms with van der Waals surface area (Å²) >= 11 is 0. The molecule has 1 aromatic rings. The first-order chi connectivity index (χ1) is 9.51. The van der Waals surface area contributed by atoms with E-state index in [9.17, 15) is 10.1 Å². The molecule has 0 aliphatic carbocycles. The summed E-state index contributed by atoms with van der Waals surface area (Å²) in [6.45, 7) is 9.10. The fourth-order valence-electron chi connectivity index (χ4n) is 2.07. The zero-order valence-corrected chi connectivity index (χ0v) is 12.1. The Bertz CT molecular complexity index is 506. The Morgan fingerprint density at radius 1 is 1.45 bits per heavy atom. The van der Waals surface area contributed by atoms with Gasteiger partial charge in [0.2, 0.25) is 0 Å². The molecule has 0 bridgehead atoms. The van der Waals surface area contributed by atoms with Gasteiger partial charge >= 0.3 is 0 Å². The predicted molar refractivity (Wildman–Crippen MR) is 78.7 cm³/mol. The summed E-state index contributed by atoms with van der Waals surface area (Å²) < 4.78 is 0. The van der Waals surface area contributed by atoms with Crippen molar-refractivity contribution in [3.63, 3.8) is 0 Å². The normalized spacial score (nSPS) is 11.9. The number of nitro groups is 1. The van der Waals surface area contributed by atoms with E-state index < -0.39 is 4.92 Å². The summed E-state index contributed by atoms with van der Waals surface area (Å²) in [6, 6.07) is 6.59. The van der Waals surface area contributed by atoms with Gasteiger partial charge < -0.3 is 10.2 Å². The van der Waals surface area contributed by atoms with Crippen molar-refractivity contribution in [2.75, 3.05) is 25.0 Å². The molecule has 0 aliphatic rings. The molecule has 0 fully saturated rings. The Kier molecular flexibility index (Phi) is 5.94. The van der Waals surface area contributed by atoms with Gasteiger partial charge in [0.25, 0.3) is 5.69 Å². The van der Waals surface area contributed by atoms with Crippen LogP contribution in [0.3, 0.4) is 0 Å². The van der Waals surface area contributed by atoms with Crippen molar-refractivity contribution in [2.45, 2.75) is 26.8 Å². The van der Waals surface area contributed by atoms with Crippen molar-refractivity contribution < 1.29 is 4.92 Å². The van der Waals surface area contributed by atoms with Crippen LogP contribution >= 0.6 is 0 Å². The summed E-state index contributed by atoms with van der Waals surface area (Å²) in [5.74, 6) is 0. The van der Waals surface area contributed by atoms with Crippen LogP contribution in [0.2, 0.25) is 0 Å². The SMILES string of the molecule is CCN(CC)CC(C)Nc1ccc([N+](=O)[O-])c(C#N)c1. The lowest BCUT2D eigenvalue weighted by atomic mass is 10.1. The van der Waals surface area contributed by atoms with Crippen molar-refractivity contribution in [3.05, 3.63) is 33.9 Å². The number of likely N-dealkylation sites (N-methyl/N-ethyl adjacent to an activating group) is 1. The van der Waals surface area contributed by atoms with Crippen molar-refractivity contribution in [1.29, 1.82) is 5.26 Å². The van der Waals surface area contributed by atoms with Crippen LogP contribution in [0.4, 0.5) is 11.4 Å². The Morgan fingerprint density at radius 3 is 2.60 bits per heavy atom. The van der Waals surface area contributed by atoms with Gasteiger partial charge in [-0.3, -0.25) is 10.1 Å². The van der Waals surface area contributed by atoms with Gasteiger partial charge in [-0.05, 0) is 32.1 Å². The fraction of sp³-hybridized carbons (Fsp3) is 0.500. The van der Waals surface area contributed by atoms with Gasteiger partial charge in [-0.2, -0.15) is 5.26 Å². The molecule has 6 heteroatoms. The molecule has 1 atom stereocenters. The summed E-state index contributed by atoms with van der Waals surface area (Å²) in [4.78, 5) is 12.5. The zero-order valence-electron chi connectivity index (χ0n) is 12.1. The van der Waals surface area contributed by atoms with Gasteiger partial charge in [0.1, 0.15) is 11.6 Å². The highest BCUT2D eigenvalue weighted by Crippen LogP contribution is 2.22. The lowest BCUT2D eigenvalue weighted by Crippen LogP contribution is -2.34. The molecule has 108 valence electrons. The van der Waals surface area contributed by atoms with E-state index in [1.807, 2.05) is 13.0 Å². The lowest BCUT2D eigenvalue weighted by molar-refractivity contribution is -0.385. The molecule has 6 nitrogen and oxygen atoms in total. The molecule has 0 saturated heterocycles. The molecular formula is C14H20N4O2. The van der Waals surface area contributed by atoms with Crippen molar-refractivity contribution in [1.82, 2.24) is 4.90 Å². The average molecular weight is 276 g/mol. The van der Waals surface area contributed by atoms with Crippen molar-refractivity contribution >= 4 is 11.4 Å². The maximum atomic E-state index is 10.8. The molecule has 0 aliphatic heterocycles. The molecule has 0 heterocycles. The van der Waals surface area contributed by atoms with Crippen LogP contribution in [-0.2, 0) is 0 Å². The van der Waals surface area contributed by atoms with E-state index in [4.69, 9.17) is 5.26 Å². The Hall–Kier alpha value is -2.13. The summed E-state index contributed by atoms with van der Waals surface area (Å²) in [6.07, 6.45) is 0. The number of nitrogens with one attached hydrogen (secondary N) is 1. The van der Waals surface area contributed by atoms with E-state index in [1.165, 1.54) is 12.1 Å². The Morgan fingerprint density at radius 2 is 2.10 bits per heavy atom. The second-order valence-electron chi connectivity index (χ2n) is 4.63. The number of anilines is 1. The van der Waals surface area contributed by atoms with Gasteiger partial charge in [0, 0.05) is 24.3 Å². The first kappa shape index (κ1) is 15.9. The molecular weight excluding hydrogens is 256 g/mol. The second-order valence-corrected chi connectivity index (χ2v) is 4.63. The number of nitrogens with zero attached hydrogens (tertiary/aromatic N) is 3. The minimum atomic E-state index is -0.540. The van der Waals surface area contributed by atoms with Crippen molar-refractivity contribution in [2.24, 2.45) is 0 Å². The predicted octanol–water partition coefficient (Wildman–Crippen LogP) is 2.61. The summed E-state index contributed by atoms with van der Waals surface area (Å²) in [7, 11) is 0. The number of hydrogen-bond acceptors (Lipinski definition) is 5. The fourth-order valence-corrected chi connectivity index (χ4v) is 2.07. The van der Waals surface area contributed by atoms with Crippen LogP contribution in [0.1, 0.15) is 26.3 Å². The zero-order chi connectivity index (χ0) is 15.1. The van der Waals surface area contributed by atoms with E-state index in [0.717, 1.165) is 25.3 Å². The van der Waals surface area contributed by atoms with E-state index in [1.54, 1.807) is 6.07 Å². The third-order valence-corrected chi connectivity index (χ3v) is 3.15. The monoisotopic (exact) mass is 276 g/mol. The highest BCUT2D eigenvalue weighted by molar-refractivity contribution is 5.58. The molecule has 1 aromatic carbocycles. The summed E-state index contributed by atoms with van der Waals surface area (Å²) in [5, 5.41) is 23.0. The minimum Gasteiger partial charge on any atom is -0.381 e. The van der Waals surface area contributed by atoms with Crippen LogP contribution in [0.25, 0.3) is 0 Å². The van der Waals surface area contributed by atoms with E-state index in [-0.39, 0.29) is 17.3 Å². The van der Waals surface area contributed by atoms with Crippen LogP contribution in [0.5, 0.6) is 0 Å². The van der Waals surface area contributed by atoms with Crippen LogP contribution in [-0.4, -0.2) is 35.5 Å². The first-order valence-electron chi connectivity index (χ1n) is 6.69. The number of rotatable bonds is 7. The molecule has 20 heavy (non-hydrogen) atoms. The van der Waals surface area contributed by atoms with Crippen molar-refractivity contribution in [3.8, 4) is 6.07 Å². The Balaban J connectivity index is 2.79. The van der Waals surface area contributed by atoms with Crippen LogP contribution < -0.4 is 5.32 Å². The lowest BCUT2D eigenvalue weighted by Gasteiger charge is -2.24. The van der Waals surface area contributed by atoms with Gasteiger partial charge in [0.15, 0.2) is 0 Å². The topological polar surface area (TPSA) is 82.2 Å². The largest absolute Gasteiger partial charge is 0.381 e. The number of nitriles is 1. The molecule has 0 aromatic heterocycles. The Labute approximate surface area is 119 Å². The molecule has 0 amide bonds. The molecule has 1 N–H and O–H groups in total. The molecule has 0 spiro atoms. The standard InChI is InChI=1S/C14H20N4O2/c1-4-17(5-2)10-11(3)16-13-6-7-14(18(19)20)12(8-13)9-15/h6-8,11,16H,4-5,10H2,1-3H3. The highest BCUT2D eigenvalue weighted by Gasteiger charge is 2.14. The van der Waals surface area contributed by atoms with Gasteiger partial charge in [0.05, 0.1) is 4.92 Å². The van der Waals surface area contributed by atoms with Gasteiger partial charge in [-0.1, -0.05) is 13.8 Å². The maximum absolute atomic E-state index is 10.8. The number of benzene rings is 1. The molecule has 0 radical (unpaired) electrons. The van der Waals surface area contributed by atoms with Crippen LogP contribution in [0.15, 0.2) is 18.2 Å². The molecule has 1 unspecified atom stereocenters. The highest BCUT2D eigenvalue weighted by atomic mass is 16.6. The van der Waals surface area contributed by atoms with Gasteiger partial charge in [-0.15, -0.1) is 0 Å². The van der Waals surface area contributed by atoms with E-state index in [2.05, 4.69) is 24.1 Å². The quantitative estimate of drug-likeness (QED) is 0.611. The molecule has 0 saturated carbocycles. The smallest absolute Gasteiger partial charge is 0.287 e. The third-order valence-electron chi connectivity index (χ3n) is 3.15. The minimum absolute atomic E-state index is 0.0787. The van der Waals surface area contributed by atoms with Crippen LogP contribution in [0, 0.1) is 21.4 Å². The molecule has 1 rings (SSSR count). The maximum Gasteiger partial charge on any atom is 0.287 e. The summed E-state index contributed by atoms with van der Waals surface area (Å²) in [5.41, 5.74) is 0.649. The average Bonchev–Trinajstić information content (AvgIpc) is 2.44. The van der Waals surface area contributed by atoms with E-state index in [0.29, 0.717) is 0 Å². The number of nitro benzene ring substituents is 1. The second kappa shape index (κ2) is 7.46. The number of hydrogen-bond donors (Lipinski definition) is 1. The van der Waals surface area contributed by atoms with Gasteiger partial charge in [-0.25, -0.2) is 0 Å².